The van der Waals surface area contributed by atoms with Gasteiger partial charge in [-0.2, -0.15) is 16.1 Å². The van der Waals surface area contributed by atoms with E-state index in [0.717, 1.165) is 12.2 Å². The number of sulfonamides is 1. The highest BCUT2D eigenvalue weighted by atomic mass is 32.2. The summed E-state index contributed by atoms with van der Waals surface area (Å²) in [6.07, 6.45) is 2.44. The van der Waals surface area contributed by atoms with Gasteiger partial charge in [-0.05, 0) is 18.6 Å². The van der Waals surface area contributed by atoms with Gasteiger partial charge in [0.1, 0.15) is 10.7 Å². The van der Waals surface area contributed by atoms with Crippen molar-refractivity contribution < 1.29 is 8.42 Å². The smallest absolute Gasteiger partial charge is 0.246 e. The zero-order valence-electron chi connectivity index (χ0n) is 12.1. The van der Waals surface area contributed by atoms with Gasteiger partial charge in [0.25, 0.3) is 0 Å². The first-order valence-electron chi connectivity index (χ1n) is 6.64. The van der Waals surface area contributed by atoms with E-state index in [-0.39, 0.29) is 9.64 Å². The Balaban J connectivity index is 2.30. The van der Waals surface area contributed by atoms with E-state index in [9.17, 15) is 8.42 Å². The molecule has 0 spiro atoms. The van der Waals surface area contributed by atoms with Crippen molar-refractivity contribution in [3.63, 3.8) is 0 Å². The van der Waals surface area contributed by atoms with Gasteiger partial charge >= 0.3 is 0 Å². The molecule has 0 unspecified atom stereocenters. The molecule has 7 heteroatoms. The second kappa shape index (κ2) is 5.91. The second-order valence-electron chi connectivity index (χ2n) is 5.36. The van der Waals surface area contributed by atoms with E-state index in [4.69, 9.17) is 0 Å². The van der Waals surface area contributed by atoms with E-state index in [1.807, 2.05) is 11.8 Å². The van der Waals surface area contributed by atoms with Crippen LogP contribution in [0.5, 0.6) is 0 Å². The molecule has 20 heavy (non-hydrogen) atoms. The van der Waals surface area contributed by atoms with Crippen LogP contribution >= 0.6 is 11.8 Å². The molecular formula is C13H21N3O2S2. The van der Waals surface area contributed by atoms with Crippen molar-refractivity contribution in [1.82, 2.24) is 9.29 Å². The predicted molar refractivity (Wildman–Crippen MR) is 83.7 cm³/mol. The Morgan fingerprint density at radius 3 is 2.85 bits per heavy atom. The lowest BCUT2D eigenvalue weighted by Gasteiger charge is -2.23. The molecule has 1 aliphatic rings. The zero-order chi connectivity index (χ0) is 14.8. The van der Waals surface area contributed by atoms with Crippen LogP contribution in [-0.4, -0.2) is 48.3 Å². The van der Waals surface area contributed by atoms with E-state index in [2.05, 4.69) is 24.1 Å². The number of hydrogen-bond acceptors (Lipinski definition) is 5. The highest BCUT2D eigenvalue weighted by molar-refractivity contribution is 8.00. The van der Waals surface area contributed by atoms with Crippen LogP contribution in [0.4, 0.5) is 5.82 Å². The number of nitrogens with zero attached hydrogens (tertiary/aromatic N) is 2. The van der Waals surface area contributed by atoms with Gasteiger partial charge in [-0.3, -0.25) is 0 Å². The molecule has 0 radical (unpaired) electrons. The minimum absolute atomic E-state index is 0.130. The molecule has 112 valence electrons. The maximum absolute atomic E-state index is 12.8. The maximum Gasteiger partial charge on any atom is 0.246 e. The lowest BCUT2D eigenvalue weighted by Crippen LogP contribution is -2.34. The summed E-state index contributed by atoms with van der Waals surface area (Å²) in [6.45, 7) is 5.43. The fourth-order valence-electron chi connectivity index (χ4n) is 2.17. The van der Waals surface area contributed by atoms with E-state index in [0.29, 0.717) is 18.9 Å². The van der Waals surface area contributed by atoms with Crippen molar-refractivity contribution >= 4 is 27.6 Å². The molecule has 1 fully saturated rings. The molecule has 0 aromatic carbocycles. The van der Waals surface area contributed by atoms with Crippen molar-refractivity contribution in [2.45, 2.75) is 29.9 Å². The molecule has 0 saturated carbocycles. The second-order valence-corrected chi connectivity index (χ2v) is 9.07. The molecule has 1 saturated heterocycles. The van der Waals surface area contributed by atoms with Crippen molar-refractivity contribution in [2.75, 3.05) is 31.2 Å². The first-order valence-corrected chi connectivity index (χ1v) is 9.06. The van der Waals surface area contributed by atoms with Gasteiger partial charge in [-0.1, -0.05) is 13.8 Å². The molecule has 0 amide bonds. The molecule has 2 rings (SSSR count). The highest BCUT2D eigenvalue weighted by Crippen LogP contribution is 2.33. The standard InChI is InChI=1S/C13H21N3O2S2/c1-13(2)6-8-16(9-10-19-13)20(17,18)11-5-4-7-15-12(11)14-3/h4-5,7H,6,8-10H2,1-3H3,(H,14,15). The van der Waals surface area contributed by atoms with Crippen LogP contribution in [0.3, 0.4) is 0 Å². The average Bonchev–Trinajstić information content (AvgIpc) is 2.60. The molecule has 5 nitrogen and oxygen atoms in total. The third kappa shape index (κ3) is 3.27. The first-order chi connectivity index (χ1) is 9.37. The number of thioether (sulfide) groups is 1. The van der Waals surface area contributed by atoms with Crippen LogP contribution in [0.15, 0.2) is 23.2 Å². The summed E-state index contributed by atoms with van der Waals surface area (Å²) in [4.78, 5) is 4.34. The normalized spacial score (nSPS) is 20.4. The number of nitrogens with one attached hydrogen (secondary N) is 1. The molecule has 0 aliphatic carbocycles. The SMILES string of the molecule is CNc1ncccc1S(=O)(=O)N1CCSC(C)(C)CC1. The summed E-state index contributed by atoms with van der Waals surface area (Å²) < 4.78 is 27.2. The average molecular weight is 315 g/mol. The van der Waals surface area contributed by atoms with Crippen molar-refractivity contribution in [3.05, 3.63) is 18.3 Å². The number of hydrogen-bond donors (Lipinski definition) is 1. The fourth-order valence-corrected chi connectivity index (χ4v) is 4.97. The summed E-state index contributed by atoms with van der Waals surface area (Å²) in [5.74, 6) is 1.23. The van der Waals surface area contributed by atoms with Gasteiger partial charge < -0.3 is 5.32 Å². The number of anilines is 1. The van der Waals surface area contributed by atoms with E-state index < -0.39 is 10.0 Å². The Labute approximate surface area is 125 Å². The fraction of sp³-hybridized carbons (Fsp3) is 0.615. The van der Waals surface area contributed by atoms with Gasteiger partial charge in [0.15, 0.2) is 0 Å². The summed E-state index contributed by atoms with van der Waals surface area (Å²) in [5.41, 5.74) is 0. The van der Waals surface area contributed by atoms with Gasteiger partial charge in [-0.15, -0.1) is 0 Å². The van der Waals surface area contributed by atoms with Crippen LogP contribution in [0.25, 0.3) is 0 Å². The van der Waals surface area contributed by atoms with Gasteiger partial charge in [-0.25, -0.2) is 13.4 Å². The Bertz CT molecular complexity index is 573. The van der Waals surface area contributed by atoms with Crippen LogP contribution in [0.2, 0.25) is 0 Å². The van der Waals surface area contributed by atoms with Gasteiger partial charge in [0.2, 0.25) is 10.0 Å². The molecular weight excluding hydrogens is 294 g/mol. The Morgan fingerprint density at radius 2 is 2.15 bits per heavy atom. The molecule has 0 bridgehead atoms. The lowest BCUT2D eigenvalue weighted by atomic mass is 10.1. The number of aromatic nitrogens is 1. The largest absolute Gasteiger partial charge is 0.372 e. The number of rotatable bonds is 3. The van der Waals surface area contributed by atoms with E-state index in [1.165, 1.54) is 0 Å². The lowest BCUT2D eigenvalue weighted by molar-refractivity contribution is 0.415. The monoisotopic (exact) mass is 315 g/mol. The maximum atomic E-state index is 12.8. The summed E-state index contributed by atoms with van der Waals surface area (Å²) >= 11 is 1.83. The Morgan fingerprint density at radius 1 is 1.40 bits per heavy atom. The molecule has 1 N–H and O–H groups in total. The van der Waals surface area contributed by atoms with Crippen molar-refractivity contribution in [2.24, 2.45) is 0 Å². The Hall–Kier alpha value is -0.790. The summed E-state index contributed by atoms with van der Waals surface area (Å²) in [5, 5.41) is 2.85. The zero-order valence-corrected chi connectivity index (χ0v) is 13.7. The minimum Gasteiger partial charge on any atom is -0.372 e. The third-order valence-corrected chi connectivity index (χ3v) is 6.72. The minimum atomic E-state index is -3.48. The molecule has 2 heterocycles. The van der Waals surface area contributed by atoms with Crippen LogP contribution in [-0.2, 0) is 10.0 Å². The van der Waals surface area contributed by atoms with Crippen LogP contribution in [0, 0.1) is 0 Å². The van der Waals surface area contributed by atoms with E-state index >= 15 is 0 Å². The molecule has 1 aliphatic heterocycles. The quantitative estimate of drug-likeness (QED) is 0.925. The van der Waals surface area contributed by atoms with Crippen LogP contribution in [0.1, 0.15) is 20.3 Å². The third-order valence-electron chi connectivity index (χ3n) is 3.42. The summed E-state index contributed by atoms with van der Waals surface area (Å²) in [7, 11) is -1.80. The predicted octanol–water partition coefficient (Wildman–Crippen LogP) is 2.03. The topological polar surface area (TPSA) is 62.3 Å². The summed E-state index contributed by atoms with van der Waals surface area (Å²) in [6, 6.07) is 3.27. The van der Waals surface area contributed by atoms with E-state index in [1.54, 1.807) is 29.7 Å². The molecule has 1 aromatic rings. The molecule has 0 atom stereocenters. The number of pyridine rings is 1. The van der Waals surface area contributed by atoms with Crippen LogP contribution < -0.4 is 5.32 Å². The molecule has 1 aromatic heterocycles. The first kappa shape index (κ1) is 15.6. The van der Waals surface area contributed by atoms with Gasteiger partial charge in [0, 0.05) is 36.8 Å². The Kier molecular flexibility index (Phi) is 4.61. The van der Waals surface area contributed by atoms with Crippen molar-refractivity contribution in [3.8, 4) is 0 Å². The van der Waals surface area contributed by atoms with Crippen molar-refractivity contribution in [1.29, 1.82) is 0 Å². The van der Waals surface area contributed by atoms with Gasteiger partial charge in [0.05, 0.1) is 0 Å². The highest BCUT2D eigenvalue weighted by Gasteiger charge is 2.32.